The van der Waals surface area contributed by atoms with Crippen molar-refractivity contribution in [1.82, 2.24) is 14.5 Å². The summed E-state index contributed by atoms with van der Waals surface area (Å²) in [7, 11) is 0. The van der Waals surface area contributed by atoms with Crippen LogP contribution in [0.5, 0.6) is 5.75 Å². The smallest absolute Gasteiger partial charge is 0.350 e. The lowest BCUT2D eigenvalue weighted by atomic mass is 10.2. The van der Waals surface area contributed by atoms with Crippen LogP contribution in [0.4, 0.5) is 0 Å². The third-order valence-electron chi connectivity index (χ3n) is 3.46. The molecule has 0 atom stereocenters. The van der Waals surface area contributed by atoms with E-state index < -0.39 is 11.5 Å². The van der Waals surface area contributed by atoms with Crippen molar-refractivity contribution in [1.29, 1.82) is 0 Å². The molecule has 0 fully saturated rings. The summed E-state index contributed by atoms with van der Waals surface area (Å²) >= 11 is 0. The van der Waals surface area contributed by atoms with Crippen LogP contribution in [0, 0.1) is 0 Å². The summed E-state index contributed by atoms with van der Waals surface area (Å²) in [6.45, 7) is 2.19. The molecule has 0 amide bonds. The summed E-state index contributed by atoms with van der Waals surface area (Å²) in [6.07, 6.45) is 4.52. The van der Waals surface area contributed by atoms with E-state index >= 15 is 0 Å². The molecule has 0 N–H and O–H groups in total. The largest absolute Gasteiger partial charge is 0.423 e. The number of para-hydroxylation sites is 1. The summed E-state index contributed by atoms with van der Waals surface area (Å²) in [5, 5.41) is 0. The third kappa shape index (κ3) is 3.08. The Bertz CT molecular complexity index is 906. The van der Waals surface area contributed by atoms with Gasteiger partial charge in [0.05, 0.1) is 0 Å². The molecule has 2 heterocycles. The Morgan fingerprint density at radius 3 is 2.58 bits per heavy atom. The van der Waals surface area contributed by atoms with Crippen molar-refractivity contribution in [2.75, 3.05) is 0 Å². The van der Waals surface area contributed by atoms with E-state index in [9.17, 15) is 9.59 Å². The van der Waals surface area contributed by atoms with Crippen LogP contribution < -0.4 is 10.3 Å². The van der Waals surface area contributed by atoms with E-state index in [1.54, 1.807) is 42.7 Å². The van der Waals surface area contributed by atoms with Gasteiger partial charge in [0.2, 0.25) is 0 Å². The molecule has 2 aromatic heterocycles. The number of carbonyl (C=O) groups excluding carboxylic acids is 1. The molecule has 3 rings (SSSR count). The Morgan fingerprint density at radius 1 is 1.12 bits per heavy atom. The van der Waals surface area contributed by atoms with Crippen molar-refractivity contribution in [3.8, 4) is 17.1 Å². The van der Waals surface area contributed by atoms with Gasteiger partial charge in [-0.05, 0) is 31.2 Å². The van der Waals surface area contributed by atoms with Crippen molar-refractivity contribution >= 4 is 5.97 Å². The first-order chi connectivity index (χ1) is 11.7. The summed E-state index contributed by atoms with van der Waals surface area (Å²) in [4.78, 5) is 33.2. The van der Waals surface area contributed by atoms with Gasteiger partial charge >= 0.3 is 5.97 Å². The van der Waals surface area contributed by atoms with Crippen LogP contribution in [-0.2, 0) is 6.54 Å². The molecule has 0 unspecified atom stereocenters. The van der Waals surface area contributed by atoms with Crippen LogP contribution in [0.2, 0.25) is 0 Å². The number of ether oxygens (including phenoxy) is 1. The van der Waals surface area contributed by atoms with Crippen molar-refractivity contribution < 1.29 is 9.53 Å². The lowest BCUT2D eigenvalue weighted by Crippen LogP contribution is -2.30. The number of hydrogen-bond acceptors (Lipinski definition) is 5. The molecule has 1 aromatic carbocycles. The first-order valence-electron chi connectivity index (χ1n) is 7.48. The van der Waals surface area contributed by atoms with Crippen LogP contribution in [0.15, 0.2) is 65.8 Å². The molecule has 0 saturated heterocycles. The fourth-order valence-electron chi connectivity index (χ4n) is 2.30. The zero-order valence-electron chi connectivity index (χ0n) is 13.0. The normalized spacial score (nSPS) is 10.4. The number of carbonyl (C=O) groups is 1. The van der Waals surface area contributed by atoms with Crippen LogP contribution in [0.3, 0.4) is 0 Å². The molecule has 24 heavy (non-hydrogen) atoms. The van der Waals surface area contributed by atoms with Gasteiger partial charge in [0.1, 0.15) is 17.1 Å². The predicted molar refractivity (Wildman–Crippen MR) is 88.8 cm³/mol. The van der Waals surface area contributed by atoms with Gasteiger partial charge in [-0.1, -0.05) is 18.2 Å². The second-order valence-electron chi connectivity index (χ2n) is 4.99. The van der Waals surface area contributed by atoms with Gasteiger partial charge in [-0.2, -0.15) is 0 Å². The van der Waals surface area contributed by atoms with Gasteiger partial charge in [0, 0.05) is 30.7 Å². The van der Waals surface area contributed by atoms with Crippen LogP contribution in [-0.4, -0.2) is 20.5 Å². The summed E-state index contributed by atoms with van der Waals surface area (Å²) in [5.74, 6) is 0.117. The molecule has 6 heteroatoms. The van der Waals surface area contributed by atoms with Crippen molar-refractivity contribution in [2.24, 2.45) is 0 Å². The quantitative estimate of drug-likeness (QED) is 0.545. The zero-order chi connectivity index (χ0) is 16.9. The highest BCUT2D eigenvalue weighted by molar-refractivity contribution is 5.90. The number of esters is 1. The predicted octanol–water partition coefficient (Wildman–Crippen LogP) is 2.54. The minimum atomic E-state index is -0.723. The molecule has 0 bridgehead atoms. The summed E-state index contributed by atoms with van der Waals surface area (Å²) in [5.41, 5.74) is 0.167. The van der Waals surface area contributed by atoms with E-state index in [2.05, 4.69) is 9.97 Å². The molecule has 0 saturated carbocycles. The van der Waals surface area contributed by atoms with Crippen LogP contribution >= 0.6 is 0 Å². The Balaban J connectivity index is 1.99. The fraction of sp³-hybridized carbons (Fsp3) is 0.111. The fourth-order valence-corrected chi connectivity index (χ4v) is 2.30. The van der Waals surface area contributed by atoms with Gasteiger partial charge < -0.3 is 4.74 Å². The minimum Gasteiger partial charge on any atom is -0.423 e. The van der Waals surface area contributed by atoms with Crippen molar-refractivity contribution in [3.05, 3.63) is 77.0 Å². The maximum Gasteiger partial charge on any atom is 0.350 e. The average molecular weight is 321 g/mol. The second-order valence-corrected chi connectivity index (χ2v) is 4.99. The zero-order valence-corrected chi connectivity index (χ0v) is 13.0. The summed E-state index contributed by atoms with van der Waals surface area (Å²) in [6, 6.07) is 12.2. The molecular formula is C18H15N3O3. The Labute approximate surface area is 138 Å². The topological polar surface area (TPSA) is 74.1 Å². The highest BCUT2D eigenvalue weighted by Gasteiger charge is 2.18. The molecule has 0 aliphatic carbocycles. The molecule has 0 radical (unpaired) electrons. The van der Waals surface area contributed by atoms with Gasteiger partial charge in [-0.25, -0.2) is 9.78 Å². The molecule has 3 aromatic rings. The third-order valence-corrected chi connectivity index (χ3v) is 3.46. The van der Waals surface area contributed by atoms with E-state index in [0.717, 1.165) is 0 Å². The first kappa shape index (κ1) is 15.6. The highest BCUT2D eigenvalue weighted by Crippen LogP contribution is 2.15. The van der Waals surface area contributed by atoms with E-state index in [1.165, 1.54) is 10.8 Å². The minimum absolute atomic E-state index is 0.103. The molecule has 120 valence electrons. The van der Waals surface area contributed by atoms with E-state index in [0.29, 0.717) is 23.7 Å². The molecule has 0 aliphatic heterocycles. The lowest BCUT2D eigenvalue weighted by Gasteiger charge is -2.11. The SMILES string of the molecule is CCn1c(-c2cccnc2)ncc(C(=O)Oc2ccccc2)c1=O. The lowest BCUT2D eigenvalue weighted by molar-refractivity contribution is 0.0731. The van der Waals surface area contributed by atoms with Crippen molar-refractivity contribution in [3.63, 3.8) is 0 Å². The van der Waals surface area contributed by atoms with E-state index in [4.69, 9.17) is 4.74 Å². The van der Waals surface area contributed by atoms with Gasteiger partial charge in [0.25, 0.3) is 5.56 Å². The Morgan fingerprint density at radius 2 is 1.92 bits per heavy atom. The van der Waals surface area contributed by atoms with Gasteiger partial charge in [0.15, 0.2) is 0 Å². The molecule has 0 aliphatic rings. The molecule has 6 nitrogen and oxygen atoms in total. The number of nitrogens with zero attached hydrogens (tertiary/aromatic N) is 3. The highest BCUT2D eigenvalue weighted by atomic mass is 16.5. The first-order valence-corrected chi connectivity index (χ1v) is 7.48. The Kier molecular flexibility index (Phi) is 4.47. The average Bonchev–Trinajstić information content (AvgIpc) is 2.63. The number of benzene rings is 1. The number of aromatic nitrogens is 3. The number of pyridine rings is 1. The van der Waals surface area contributed by atoms with E-state index in [-0.39, 0.29) is 5.56 Å². The summed E-state index contributed by atoms with van der Waals surface area (Å²) < 4.78 is 6.65. The maximum absolute atomic E-state index is 12.6. The number of hydrogen-bond donors (Lipinski definition) is 0. The molecular weight excluding hydrogens is 306 g/mol. The Hall–Kier alpha value is -3.28. The maximum atomic E-state index is 12.6. The van der Waals surface area contributed by atoms with Crippen LogP contribution in [0.1, 0.15) is 17.3 Å². The van der Waals surface area contributed by atoms with Crippen molar-refractivity contribution in [2.45, 2.75) is 13.5 Å². The van der Waals surface area contributed by atoms with E-state index in [1.807, 2.05) is 19.1 Å². The molecule has 0 spiro atoms. The standard InChI is InChI=1S/C18H15N3O3/c1-2-21-16(13-7-6-10-19-11-13)20-12-15(17(21)22)18(23)24-14-8-4-3-5-9-14/h3-12H,2H2,1H3. The second kappa shape index (κ2) is 6.87. The van der Waals surface area contributed by atoms with Gasteiger partial charge in [-0.15, -0.1) is 0 Å². The van der Waals surface area contributed by atoms with Crippen LogP contribution in [0.25, 0.3) is 11.4 Å². The monoisotopic (exact) mass is 321 g/mol. The number of rotatable bonds is 4. The van der Waals surface area contributed by atoms with Gasteiger partial charge in [-0.3, -0.25) is 14.3 Å².